The molecule has 2 rings (SSSR count). The van der Waals surface area contributed by atoms with Gasteiger partial charge in [0.25, 0.3) is 0 Å². The first-order chi connectivity index (χ1) is 7.34. The van der Waals surface area contributed by atoms with Gasteiger partial charge in [0.05, 0.1) is 6.10 Å². The number of aliphatic hydroxyl groups excluding tert-OH is 1. The van der Waals surface area contributed by atoms with Crippen molar-refractivity contribution < 1.29 is 5.11 Å². The predicted molar refractivity (Wildman–Crippen MR) is 65.2 cm³/mol. The molecule has 0 aromatic carbocycles. The first-order valence-electron chi connectivity index (χ1n) is 5.73. The lowest BCUT2D eigenvalue weighted by Gasteiger charge is -2.16. The summed E-state index contributed by atoms with van der Waals surface area (Å²) in [5.74, 6) is 0. The summed E-state index contributed by atoms with van der Waals surface area (Å²) in [6, 6.07) is 4.15. The fourth-order valence-electron chi connectivity index (χ4n) is 2.13. The van der Waals surface area contributed by atoms with E-state index in [4.69, 9.17) is 0 Å². The Balaban J connectivity index is 1.81. The van der Waals surface area contributed by atoms with E-state index in [0.29, 0.717) is 0 Å². The van der Waals surface area contributed by atoms with E-state index >= 15 is 0 Å². The van der Waals surface area contributed by atoms with Crippen LogP contribution in [0, 0.1) is 0 Å². The second kappa shape index (κ2) is 5.47. The van der Waals surface area contributed by atoms with Crippen LogP contribution in [0.4, 0.5) is 0 Å². The molecule has 1 nitrogen and oxygen atoms in total. The normalized spacial score (nSPS) is 18.6. The maximum absolute atomic E-state index is 9.94. The molecule has 0 aliphatic heterocycles. The molecule has 82 valence electrons. The van der Waals surface area contributed by atoms with Crippen LogP contribution in [0.3, 0.4) is 0 Å². The first-order valence-corrected chi connectivity index (χ1v) is 6.61. The van der Waals surface area contributed by atoms with E-state index in [1.807, 2.05) is 6.07 Å². The minimum absolute atomic E-state index is 0.187. The lowest BCUT2D eigenvalue weighted by Crippen LogP contribution is -2.11. The molecule has 15 heavy (non-hydrogen) atoms. The molecule has 1 N–H and O–H groups in total. The Kier molecular flexibility index (Phi) is 3.98. The van der Waals surface area contributed by atoms with Crippen LogP contribution in [-0.4, -0.2) is 11.2 Å². The summed E-state index contributed by atoms with van der Waals surface area (Å²) in [5.41, 5.74) is 1.46. The van der Waals surface area contributed by atoms with Gasteiger partial charge in [0.2, 0.25) is 0 Å². The van der Waals surface area contributed by atoms with Crippen molar-refractivity contribution in [3.63, 3.8) is 0 Å². The molecule has 0 saturated heterocycles. The second-order valence-electron chi connectivity index (χ2n) is 4.25. The summed E-state index contributed by atoms with van der Waals surface area (Å²) in [5, 5.41) is 12.0. The van der Waals surface area contributed by atoms with Crippen molar-refractivity contribution in [1.29, 1.82) is 0 Å². The van der Waals surface area contributed by atoms with Crippen LogP contribution in [0.25, 0.3) is 0 Å². The Bertz CT molecular complexity index is 313. The van der Waals surface area contributed by atoms with E-state index in [-0.39, 0.29) is 6.10 Å². The number of hydrogen-bond acceptors (Lipinski definition) is 2. The van der Waals surface area contributed by atoms with Crippen molar-refractivity contribution in [1.82, 2.24) is 0 Å². The third-order valence-corrected chi connectivity index (χ3v) is 3.80. The molecule has 0 bridgehead atoms. The Morgan fingerprint density at radius 3 is 2.93 bits per heavy atom. The molecule has 1 atom stereocenters. The van der Waals surface area contributed by atoms with E-state index < -0.39 is 0 Å². The molecule has 1 aliphatic carbocycles. The molecule has 1 aromatic rings. The first kappa shape index (κ1) is 10.9. The second-order valence-corrected chi connectivity index (χ2v) is 5.28. The molecule has 0 radical (unpaired) electrons. The van der Waals surface area contributed by atoms with Crippen LogP contribution >= 0.6 is 11.3 Å². The van der Waals surface area contributed by atoms with Crippen molar-refractivity contribution >= 4 is 11.3 Å². The summed E-state index contributed by atoms with van der Waals surface area (Å²) in [4.78, 5) is 1.29. The van der Waals surface area contributed by atoms with E-state index in [1.54, 1.807) is 11.3 Å². The Morgan fingerprint density at radius 1 is 1.33 bits per heavy atom. The fraction of sp³-hybridized carbons (Fsp3) is 0.538. The number of allylic oxidation sites excluding steroid dienone is 1. The number of thiophene rings is 1. The topological polar surface area (TPSA) is 20.2 Å². The van der Waals surface area contributed by atoms with Crippen LogP contribution in [0.1, 0.15) is 37.0 Å². The quantitative estimate of drug-likeness (QED) is 0.773. The SMILES string of the molecule is OC(CC1=CCCCC1)Cc1cccs1. The van der Waals surface area contributed by atoms with Crippen molar-refractivity contribution in [2.75, 3.05) is 0 Å². The highest BCUT2D eigenvalue weighted by Crippen LogP contribution is 2.23. The summed E-state index contributed by atoms with van der Waals surface area (Å²) in [6.45, 7) is 0. The van der Waals surface area contributed by atoms with Gasteiger partial charge in [-0.25, -0.2) is 0 Å². The molecule has 1 heterocycles. The molecule has 0 spiro atoms. The highest BCUT2D eigenvalue weighted by atomic mass is 32.1. The monoisotopic (exact) mass is 222 g/mol. The van der Waals surface area contributed by atoms with Crippen molar-refractivity contribution in [3.8, 4) is 0 Å². The van der Waals surface area contributed by atoms with E-state index in [0.717, 1.165) is 12.8 Å². The highest BCUT2D eigenvalue weighted by Gasteiger charge is 2.11. The molecule has 0 saturated carbocycles. The van der Waals surface area contributed by atoms with E-state index in [9.17, 15) is 5.11 Å². The lowest BCUT2D eigenvalue weighted by molar-refractivity contribution is 0.174. The van der Waals surface area contributed by atoms with Crippen molar-refractivity contribution in [2.24, 2.45) is 0 Å². The van der Waals surface area contributed by atoms with Crippen LogP contribution in [-0.2, 0) is 6.42 Å². The van der Waals surface area contributed by atoms with Crippen LogP contribution in [0.2, 0.25) is 0 Å². The average Bonchev–Trinajstić information content (AvgIpc) is 2.71. The van der Waals surface area contributed by atoms with Gasteiger partial charge in [-0.1, -0.05) is 17.7 Å². The Hall–Kier alpha value is -0.600. The minimum atomic E-state index is -0.187. The molecular formula is C13H18OS. The maximum atomic E-state index is 9.94. The van der Waals surface area contributed by atoms with Gasteiger partial charge in [0, 0.05) is 11.3 Å². The standard InChI is InChI=1S/C13H18OS/c14-12(10-13-7-4-8-15-13)9-11-5-2-1-3-6-11/h4-5,7-8,12,14H,1-3,6,9-10H2. The molecule has 1 aliphatic rings. The summed E-state index contributed by atoms with van der Waals surface area (Å²) >= 11 is 1.73. The zero-order valence-corrected chi connectivity index (χ0v) is 9.80. The van der Waals surface area contributed by atoms with Crippen LogP contribution < -0.4 is 0 Å². The molecule has 0 amide bonds. The summed E-state index contributed by atoms with van der Waals surface area (Å²) < 4.78 is 0. The van der Waals surface area contributed by atoms with E-state index in [1.165, 1.54) is 36.1 Å². The molecule has 1 aromatic heterocycles. The van der Waals surface area contributed by atoms with Gasteiger partial charge in [0.15, 0.2) is 0 Å². The van der Waals surface area contributed by atoms with Gasteiger partial charge >= 0.3 is 0 Å². The number of aliphatic hydroxyl groups is 1. The summed E-state index contributed by atoms with van der Waals surface area (Å²) in [7, 11) is 0. The van der Waals surface area contributed by atoms with E-state index in [2.05, 4.69) is 17.5 Å². The van der Waals surface area contributed by atoms with Crippen molar-refractivity contribution in [3.05, 3.63) is 34.0 Å². The zero-order valence-electron chi connectivity index (χ0n) is 8.98. The third-order valence-electron chi connectivity index (χ3n) is 2.90. The number of hydrogen-bond donors (Lipinski definition) is 1. The molecule has 2 heteroatoms. The predicted octanol–water partition coefficient (Wildman–Crippen LogP) is 3.54. The average molecular weight is 222 g/mol. The number of rotatable bonds is 4. The van der Waals surface area contributed by atoms with Gasteiger partial charge in [-0.3, -0.25) is 0 Å². The molecule has 0 fully saturated rings. The Labute approximate surface area is 95.5 Å². The maximum Gasteiger partial charge on any atom is 0.0625 e. The smallest absolute Gasteiger partial charge is 0.0625 e. The minimum Gasteiger partial charge on any atom is -0.392 e. The van der Waals surface area contributed by atoms with Crippen molar-refractivity contribution in [2.45, 2.75) is 44.6 Å². The third kappa shape index (κ3) is 3.47. The fourth-order valence-corrected chi connectivity index (χ4v) is 2.90. The van der Waals surface area contributed by atoms with Gasteiger partial charge in [-0.05, 0) is 43.6 Å². The summed E-state index contributed by atoms with van der Waals surface area (Å²) in [6.07, 6.45) is 8.85. The lowest BCUT2D eigenvalue weighted by atomic mass is 9.94. The van der Waals surface area contributed by atoms with Gasteiger partial charge in [-0.2, -0.15) is 0 Å². The van der Waals surface area contributed by atoms with Gasteiger partial charge in [0.1, 0.15) is 0 Å². The molecular weight excluding hydrogens is 204 g/mol. The zero-order chi connectivity index (χ0) is 10.5. The largest absolute Gasteiger partial charge is 0.392 e. The molecule has 1 unspecified atom stereocenters. The van der Waals surface area contributed by atoms with Gasteiger partial charge < -0.3 is 5.11 Å². The van der Waals surface area contributed by atoms with Crippen LogP contribution in [0.15, 0.2) is 29.2 Å². The van der Waals surface area contributed by atoms with Crippen LogP contribution in [0.5, 0.6) is 0 Å². The Morgan fingerprint density at radius 2 is 2.27 bits per heavy atom. The van der Waals surface area contributed by atoms with Gasteiger partial charge in [-0.15, -0.1) is 11.3 Å². The highest BCUT2D eigenvalue weighted by molar-refractivity contribution is 7.09.